The third kappa shape index (κ3) is 5.39. The summed E-state index contributed by atoms with van der Waals surface area (Å²) in [4.78, 5) is 17.0. The molecule has 0 aromatic heterocycles. The molecule has 1 fully saturated rings. The number of benzene rings is 2. The van der Waals surface area contributed by atoms with Crippen molar-refractivity contribution in [3.05, 3.63) is 59.2 Å². The van der Waals surface area contributed by atoms with Gasteiger partial charge in [0.25, 0.3) is 0 Å². The summed E-state index contributed by atoms with van der Waals surface area (Å²) in [6, 6.07) is 13.7. The van der Waals surface area contributed by atoms with Crippen LogP contribution in [-0.2, 0) is 14.8 Å². The van der Waals surface area contributed by atoms with Gasteiger partial charge in [0, 0.05) is 31.9 Å². The van der Waals surface area contributed by atoms with E-state index >= 15 is 0 Å². The number of piperazine rings is 1. The SMILES string of the molecule is Cc1cccc(N2CCN(C(=O)CN(c3ccc(C(C)C)cc3)S(C)(=O)=O)CC2)c1C. The maximum atomic E-state index is 13.0. The van der Waals surface area contributed by atoms with Gasteiger partial charge < -0.3 is 9.80 Å². The Kier molecular flexibility index (Phi) is 6.94. The lowest BCUT2D eigenvalue weighted by Crippen LogP contribution is -2.52. The molecule has 3 rings (SSSR count). The van der Waals surface area contributed by atoms with Gasteiger partial charge in [-0.15, -0.1) is 0 Å². The van der Waals surface area contributed by atoms with Crippen LogP contribution in [0.15, 0.2) is 42.5 Å². The molecule has 2 aromatic carbocycles. The van der Waals surface area contributed by atoms with Crippen molar-refractivity contribution in [1.82, 2.24) is 4.90 Å². The van der Waals surface area contributed by atoms with Gasteiger partial charge in [0.15, 0.2) is 0 Å². The van der Waals surface area contributed by atoms with E-state index in [1.54, 1.807) is 17.0 Å². The number of hydrogen-bond acceptors (Lipinski definition) is 4. The highest BCUT2D eigenvalue weighted by molar-refractivity contribution is 7.92. The van der Waals surface area contributed by atoms with Gasteiger partial charge in [0.2, 0.25) is 15.9 Å². The lowest BCUT2D eigenvalue weighted by atomic mass is 10.0. The third-order valence-corrected chi connectivity index (χ3v) is 7.22. The number of aryl methyl sites for hydroxylation is 1. The lowest BCUT2D eigenvalue weighted by molar-refractivity contribution is -0.129. The molecule has 0 aliphatic carbocycles. The van der Waals surface area contributed by atoms with Gasteiger partial charge in [-0.25, -0.2) is 8.42 Å². The summed E-state index contributed by atoms with van der Waals surface area (Å²) in [5.74, 6) is 0.190. The van der Waals surface area contributed by atoms with Crippen LogP contribution in [0.3, 0.4) is 0 Å². The summed E-state index contributed by atoms with van der Waals surface area (Å²) < 4.78 is 26.0. The van der Waals surface area contributed by atoms with Gasteiger partial charge >= 0.3 is 0 Å². The maximum absolute atomic E-state index is 13.0. The summed E-state index contributed by atoms with van der Waals surface area (Å²) >= 11 is 0. The predicted molar refractivity (Wildman–Crippen MR) is 127 cm³/mol. The van der Waals surface area contributed by atoms with Crippen LogP contribution >= 0.6 is 0 Å². The topological polar surface area (TPSA) is 60.9 Å². The van der Waals surface area contributed by atoms with Crippen molar-refractivity contribution in [2.24, 2.45) is 0 Å². The molecule has 7 heteroatoms. The van der Waals surface area contributed by atoms with Crippen LogP contribution in [0.5, 0.6) is 0 Å². The number of amides is 1. The molecule has 1 aliphatic rings. The zero-order valence-corrected chi connectivity index (χ0v) is 19.9. The molecule has 0 atom stereocenters. The minimum atomic E-state index is -3.57. The van der Waals surface area contributed by atoms with Crippen molar-refractivity contribution in [3.8, 4) is 0 Å². The standard InChI is InChI=1S/C24H33N3O3S/c1-18(2)21-9-11-22(12-10-21)27(31(5,29)30)17-24(28)26-15-13-25(14-16-26)23-8-6-7-19(3)20(23)4/h6-12,18H,13-17H2,1-5H3. The molecule has 1 heterocycles. The van der Waals surface area contributed by atoms with E-state index in [1.165, 1.54) is 21.1 Å². The van der Waals surface area contributed by atoms with E-state index in [9.17, 15) is 13.2 Å². The highest BCUT2D eigenvalue weighted by Crippen LogP contribution is 2.25. The van der Waals surface area contributed by atoms with E-state index < -0.39 is 10.0 Å². The fraction of sp³-hybridized carbons (Fsp3) is 0.458. The van der Waals surface area contributed by atoms with Gasteiger partial charge in [-0.05, 0) is 54.7 Å². The first-order chi connectivity index (χ1) is 14.6. The Bertz CT molecular complexity index is 1020. The fourth-order valence-corrected chi connectivity index (χ4v) is 4.77. The van der Waals surface area contributed by atoms with Crippen LogP contribution in [0.25, 0.3) is 0 Å². The molecule has 168 valence electrons. The number of sulfonamides is 1. The number of carbonyl (C=O) groups is 1. The first-order valence-corrected chi connectivity index (χ1v) is 12.6. The van der Waals surface area contributed by atoms with Crippen molar-refractivity contribution in [3.63, 3.8) is 0 Å². The summed E-state index contributed by atoms with van der Waals surface area (Å²) in [7, 11) is -3.57. The average molecular weight is 444 g/mol. The molecule has 1 saturated heterocycles. The molecule has 0 saturated carbocycles. The molecule has 31 heavy (non-hydrogen) atoms. The normalized spacial score (nSPS) is 14.8. The Labute approximate surface area is 186 Å². The van der Waals surface area contributed by atoms with E-state index in [0.717, 1.165) is 24.9 Å². The number of nitrogens with zero attached hydrogens (tertiary/aromatic N) is 3. The van der Waals surface area contributed by atoms with E-state index in [-0.39, 0.29) is 12.5 Å². The van der Waals surface area contributed by atoms with Crippen molar-refractivity contribution >= 4 is 27.3 Å². The van der Waals surface area contributed by atoms with Gasteiger partial charge in [0.05, 0.1) is 11.9 Å². The monoisotopic (exact) mass is 443 g/mol. The third-order valence-electron chi connectivity index (χ3n) is 6.08. The van der Waals surface area contributed by atoms with Crippen molar-refractivity contribution < 1.29 is 13.2 Å². The minimum absolute atomic E-state index is 0.168. The fourth-order valence-electron chi connectivity index (χ4n) is 3.92. The van der Waals surface area contributed by atoms with Crippen LogP contribution in [0.1, 0.15) is 36.5 Å². The maximum Gasteiger partial charge on any atom is 0.243 e. The van der Waals surface area contributed by atoms with Gasteiger partial charge in [-0.3, -0.25) is 9.10 Å². The van der Waals surface area contributed by atoms with Gasteiger partial charge in [-0.2, -0.15) is 0 Å². The van der Waals surface area contributed by atoms with Gasteiger partial charge in [0.1, 0.15) is 6.54 Å². The molecule has 0 spiro atoms. The van der Waals surface area contributed by atoms with Gasteiger partial charge in [-0.1, -0.05) is 38.1 Å². The summed E-state index contributed by atoms with van der Waals surface area (Å²) in [5, 5.41) is 0. The Morgan fingerprint density at radius 1 is 1.00 bits per heavy atom. The van der Waals surface area contributed by atoms with Crippen LogP contribution in [0, 0.1) is 13.8 Å². The first kappa shape index (κ1) is 23.1. The second kappa shape index (κ2) is 9.30. The Hall–Kier alpha value is -2.54. The summed E-state index contributed by atoms with van der Waals surface area (Å²) in [5.41, 5.74) is 5.37. The Morgan fingerprint density at radius 3 is 2.16 bits per heavy atom. The molecule has 1 aliphatic heterocycles. The van der Waals surface area contributed by atoms with Crippen molar-refractivity contribution in [2.45, 2.75) is 33.6 Å². The smallest absolute Gasteiger partial charge is 0.243 e. The second-order valence-electron chi connectivity index (χ2n) is 8.60. The average Bonchev–Trinajstić information content (AvgIpc) is 2.73. The summed E-state index contributed by atoms with van der Waals surface area (Å²) in [6.07, 6.45) is 1.15. The van der Waals surface area contributed by atoms with Crippen molar-refractivity contribution in [2.75, 3.05) is 48.2 Å². The van der Waals surface area contributed by atoms with Crippen molar-refractivity contribution in [1.29, 1.82) is 0 Å². The van der Waals surface area contributed by atoms with Crippen LogP contribution in [-0.4, -0.2) is 58.2 Å². The molecule has 1 amide bonds. The highest BCUT2D eigenvalue weighted by atomic mass is 32.2. The molecule has 0 N–H and O–H groups in total. The summed E-state index contributed by atoms with van der Waals surface area (Å²) in [6.45, 7) is 10.9. The Balaban J connectivity index is 1.68. The van der Waals surface area contributed by atoms with E-state index in [0.29, 0.717) is 24.7 Å². The zero-order valence-electron chi connectivity index (χ0n) is 19.1. The minimum Gasteiger partial charge on any atom is -0.368 e. The van der Waals surface area contributed by atoms with E-state index in [2.05, 4.69) is 50.8 Å². The Morgan fingerprint density at radius 2 is 1.61 bits per heavy atom. The molecule has 0 radical (unpaired) electrons. The van der Waals surface area contributed by atoms with Crippen LogP contribution in [0.2, 0.25) is 0 Å². The quantitative estimate of drug-likeness (QED) is 0.685. The number of rotatable bonds is 6. The number of carbonyl (C=O) groups excluding carboxylic acids is 1. The van der Waals surface area contributed by atoms with E-state index in [1.807, 2.05) is 12.1 Å². The molecule has 6 nitrogen and oxygen atoms in total. The van der Waals surface area contributed by atoms with Crippen LogP contribution < -0.4 is 9.21 Å². The lowest BCUT2D eigenvalue weighted by Gasteiger charge is -2.37. The van der Waals surface area contributed by atoms with E-state index in [4.69, 9.17) is 0 Å². The zero-order chi connectivity index (χ0) is 22.8. The largest absolute Gasteiger partial charge is 0.368 e. The molecular formula is C24H33N3O3S. The number of anilines is 2. The predicted octanol–water partition coefficient (Wildman–Crippen LogP) is 3.54. The molecule has 2 aromatic rings. The molecule has 0 bridgehead atoms. The highest BCUT2D eigenvalue weighted by Gasteiger charge is 2.27. The first-order valence-electron chi connectivity index (χ1n) is 10.7. The molecular weight excluding hydrogens is 410 g/mol. The van der Waals surface area contributed by atoms with Crippen LogP contribution in [0.4, 0.5) is 11.4 Å². The number of hydrogen-bond donors (Lipinski definition) is 0. The molecule has 0 unspecified atom stereocenters. The second-order valence-corrected chi connectivity index (χ2v) is 10.5.